The molecule has 0 amide bonds. The lowest BCUT2D eigenvalue weighted by atomic mass is 9.99. The van der Waals surface area contributed by atoms with Gasteiger partial charge in [-0.25, -0.2) is 0 Å². The summed E-state index contributed by atoms with van der Waals surface area (Å²) in [4.78, 5) is 10.9. The van der Waals surface area contributed by atoms with Crippen molar-refractivity contribution in [3.8, 4) is 12.1 Å². The second-order valence-corrected chi connectivity index (χ2v) is 7.57. The van der Waals surface area contributed by atoms with Gasteiger partial charge in [-0.1, -0.05) is 30.3 Å². The van der Waals surface area contributed by atoms with Gasteiger partial charge in [0, 0.05) is 6.07 Å². The highest BCUT2D eigenvalue weighted by Gasteiger charge is 2.31. The molecule has 0 bridgehead atoms. The number of nitriles is 2. The summed E-state index contributed by atoms with van der Waals surface area (Å²) in [6.07, 6.45) is -6.72. The maximum Gasteiger partial charge on any atom is 0.416 e. The largest absolute Gasteiger partial charge is 0.416 e. The number of nitro groups is 1. The number of benzene rings is 3. The number of nitrogens with zero attached hydrogens (tertiary/aromatic N) is 3. The summed E-state index contributed by atoms with van der Waals surface area (Å²) in [5, 5.41) is 30.6. The van der Waals surface area contributed by atoms with Crippen LogP contribution in [0.4, 0.5) is 32.0 Å². The molecule has 0 atom stereocenters. The van der Waals surface area contributed by atoms with Crippen LogP contribution in [0.15, 0.2) is 66.7 Å². The van der Waals surface area contributed by atoms with Crippen molar-refractivity contribution in [1.29, 1.82) is 10.5 Å². The third-order valence-electron chi connectivity index (χ3n) is 5.15. The second-order valence-electron chi connectivity index (χ2n) is 7.57. The minimum absolute atomic E-state index is 0.0216. The summed E-state index contributed by atoms with van der Waals surface area (Å²) < 4.78 is 76.7. The third kappa shape index (κ3) is 6.41. The number of allylic oxidation sites excluding steroid dienone is 2. The van der Waals surface area contributed by atoms with Crippen molar-refractivity contribution in [2.24, 2.45) is 0 Å². The van der Waals surface area contributed by atoms with Crippen LogP contribution in [0.25, 0.3) is 23.3 Å². The molecule has 0 N–H and O–H groups in total. The molecule has 3 rings (SSSR count). The lowest BCUT2D eigenvalue weighted by Crippen LogP contribution is -2.04. The molecule has 5 nitrogen and oxygen atoms in total. The van der Waals surface area contributed by atoms with Gasteiger partial charge in [-0.2, -0.15) is 36.9 Å². The Kier molecular flexibility index (Phi) is 7.49. The topological polar surface area (TPSA) is 90.7 Å². The summed E-state index contributed by atoms with van der Waals surface area (Å²) in [6, 6.07) is 15.0. The predicted molar refractivity (Wildman–Crippen MR) is 123 cm³/mol. The van der Waals surface area contributed by atoms with Gasteiger partial charge in [-0.15, -0.1) is 0 Å². The average molecular weight is 513 g/mol. The maximum absolute atomic E-state index is 12.8. The van der Waals surface area contributed by atoms with Crippen molar-refractivity contribution < 1.29 is 31.3 Å². The van der Waals surface area contributed by atoms with Crippen LogP contribution >= 0.6 is 0 Å². The summed E-state index contributed by atoms with van der Waals surface area (Å²) in [6.45, 7) is 0. The number of hydrogen-bond acceptors (Lipinski definition) is 4. The smallest absolute Gasteiger partial charge is 0.258 e. The van der Waals surface area contributed by atoms with E-state index in [1.807, 2.05) is 6.07 Å². The molecule has 0 saturated carbocycles. The summed E-state index contributed by atoms with van der Waals surface area (Å²) in [7, 11) is 0. The van der Waals surface area contributed by atoms with E-state index in [1.165, 1.54) is 18.2 Å². The maximum atomic E-state index is 12.8. The number of rotatable bonds is 5. The molecule has 0 radical (unpaired) electrons. The SMILES string of the molecule is N#C/C(=C\c1ccc(/C=C(\C#N)c2ccc(C(F)(F)F)cc2)c([N+](=O)[O-])c1)c1ccc(C(F)(F)F)cc1. The van der Waals surface area contributed by atoms with E-state index in [2.05, 4.69) is 0 Å². The van der Waals surface area contributed by atoms with Crippen LogP contribution in [0.1, 0.15) is 33.4 Å². The Morgan fingerprint density at radius 1 is 0.730 bits per heavy atom. The molecule has 0 spiro atoms. The molecular weight excluding hydrogens is 500 g/mol. The highest BCUT2D eigenvalue weighted by Crippen LogP contribution is 2.33. The van der Waals surface area contributed by atoms with Crippen LogP contribution in [0.2, 0.25) is 0 Å². The van der Waals surface area contributed by atoms with Crippen molar-refractivity contribution in [2.45, 2.75) is 12.4 Å². The third-order valence-corrected chi connectivity index (χ3v) is 5.15. The van der Waals surface area contributed by atoms with E-state index in [1.54, 1.807) is 6.07 Å². The molecule has 37 heavy (non-hydrogen) atoms. The van der Waals surface area contributed by atoms with E-state index in [9.17, 15) is 47.0 Å². The number of alkyl halides is 6. The van der Waals surface area contributed by atoms with Gasteiger partial charge in [0.15, 0.2) is 0 Å². The van der Waals surface area contributed by atoms with Crippen molar-refractivity contribution >= 4 is 29.0 Å². The van der Waals surface area contributed by atoms with Gasteiger partial charge >= 0.3 is 12.4 Å². The number of halogens is 6. The Morgan fingerprint density at radius 3 is 1.54 bits per heavy atom. The summed E-state index contributed by atoms with van der Waals surface area (Å²) in [5.74, 6) is 0. The Hall–Kier alpha value is -4.90. The minimum atomic E-state index is -4.57. The highest BCUT2D eigenvalue weighted by molar-refractivity contribution is 5.93. The van der Waals surface area contributed by atoms with Gasteiger partial charge in [0.2, 0.25) is 0 Å². The van der Waals surface area contributed by atoms with Gasteiger partial charge in [0.25, 0.3) is 5.69 Å². The lowest BCUT2D eigenvalue weighted by Gasteiger charge is -2.08. The van der Waals surface area contributed by atoms with E-state index in [4.69, 9.17) is 0 Å². The fourth-order valence-electron chi connectivity index (χ4n) is 3.29. The fourth-order valence-corrected chi connectivity index (χ4v) is 3.29. The van der Waals surface area contributed by atoms with E-state index in [0.717, 1.165) is 60.7 Å². The lowest BCUT2D eigenvalue weighted by molar-refractivity contribution is -0.385. The van der Waals surface area contributed by atoms with Crippen LogP contribution in [0.3, 0.4) is 0 Å². The van der Waals surface area contributed by atoms with Crippen LogP contribution in [0, 0.1) is 32.8 Å². The summed E-state index contributed by atoms with van der Waals surface area (Å²) in [5.41, 5.74) is -2.01. The standard InChI is InChI=1S/C26H13F6N3O2/c27-25(28,29)22-7-3-17(4-8-22)20(14-33)11-16-1-2-19(24(12-16)35(36)37)13-21(15-34)18-5-9-23(10-6-18)26(30,31)32/h1-13H/b20-11+,21-13+. The normalized spacial score (nSPS) is 12.5. The first-order valence-corrected chi connectivity index (χ1v) is 10.2. The van der Waals surface area contributed by atoms with Gasteiger partial charge < -0.3 is 0 Å². The monoisotopic (exact) mass is 513 g/mol. The van der Waals surface area contributed by atoms with Crippen LogP contribution in [-0.2, 0) is 12.4 Å². The van der Waals surface area contributed by atoms with Gasteiger partial charge in [0.1, 0.15) is 0 Å². The molecule has 0 aromatic heterocycles. The van der Waals surface area contributed by atoms with E-state index < -0.39 is 34.1 Å². The Bertz CT molecular complexity index is 1470. The van der Waals surface area contributed by atoms with Crippen LogP contribution < -0.4 is 0 Å². The first-order chi connectivity index (χ1) is 17.3. The zero-order valence-electron chi connectivity index (χ0n) is 18.4. The van der Waals surface area contributed by atoms with Gasteiger partial charge in [-0.05, 0) is 59.2 Å². The molecule has 0 aliphatic rings. The molecule has 0 saturated heterocycles. The fraction of sp³-hybridized carbons (Fsp3) is 0.0769. The van der Waals surface area contributed by atoms with E-state index in [-0.39, 0.29) is 33.4 Å². The molecule has 0 heterocycles. The van der Waals surface area contributed by atoms with Crippen molar-refractivity contribution in [3.05, 3.63) is 110 Å². The Morgan fingerprint density at radius 2 is 1.16 bits per heavy atom. The Labute approximate surface area is 206 Å². The van der Waals surface area contributed by atoms with E-state index >= 15 is 0 Å². The second kappa shape index (κ2) is 10.4. The minimum Gasteiger partial charge on any atom is -0.258 e. The van der Waals surface area contributed by atoms with E-state index in [0.29, 0.717) is 0 Å². The zero-order valence-corrected chi connectivity index (χ0v) is 18.4. The molecule has 0 aliphatic heterocycles. The number of hydrogen-bond donors (Lipinski definition) is 0. The predicted octanol–water partition coefficient (Wildman–Crippen LogP) is 7.76. The number of nitro benzene ring substituents is 1. The first-order valence-electron chi connectivity index (χ1n) is 10.2. The Balaban J connectivity index is 1.99. The molecule has 11 heteroatoms. The van der Waals surface area contributed by atoms with Crippen LogP contribution in [0.5, 0.6) is 0 Å². The molecule has 3 aromatic rings. The van der Waals surface area contributed by atoms with Crippen molar-refractivity contribution in [3.63, 3.8) is 0 Å². The van der Waals surface area contributed by atoms with Gasteiger partial charge in [0.05, 0.1) is 44.9 Å². The van der Waals surface area contributed by atoms with Crippen molar-refractivity contribution in [2.75, 3.05) is 0 Å². The highest BCUT2D eigenvalue weighted by atomic mass is 19.4. The zero-order chi connectivity index (χ0) is 27.4. The first kappa shape index (κ1) is 26.7. The van der Waals surface area contributed by atoms with Crippen molar-refractivity contribution in [1.82, 2.24) is 0 Å². The van der Waals surface area contributed by atoms with Crippen LogP contribution in [-0.4, -0.2) is 4.92 Å². The molecular formula is C26H13F6N3O2. The molecule has 0 unspecified atom stereocenters. The molecule has 0 fully saturated rings. The molecule has 0 aliphatic carbocycles. The quantitative estimate of drug-likeness (QED) is 0.115. The molecule has 186 valence electrons. The van der Waals surface area contributed by atoms with Gasteiger partial charge in [-0.3, -0.25) is 10.1 Å². The summed E-state index contributed by atoms with van der Waals surface area (Å²) >= 11 is 0. The average Bonchev–Trinajstić information content (AvgIpc) is 2.85. The molecule has 3 aromatic carbocycles.